The summed E-state index contributed by atoms with van der Waals surface area (Å²) >= 11 is 0. The normalized spacial score (nSPS) is 10.6. The molecule has 0 saturated carbocycles. The highest BCUT2D eigenvalue weighted by atomic mass is 16.5. The molecule has 16 heavy (non-hydrogen) atoms. The number of ether oxygens (including phenoxy) is 1. The maximum atomic E-state index is 4.94. The first kappa shape index (κ1) is 13.1. The van der Waals surface area contributed by atoms with E-state index in [2.05, 4.69) is 15.6 Å². The third-order valence-corrected chi connectivity index (χ3v) is 2.21. The van der Waals surface area contributed by atoms with Crippen LogP contribution in [0.1, 0.15) is 11.4 Å². The van der Waals surface area contributed by atoms with Crippen LogP contribution in [0.3, 0.4) is 0 Å². The Balaban J connectivity index is 2.03. The molecule has 1 aromatic rings. The van der Waals surface area contributed by atoms with Gasteiger partial charge in [0.15, 0.2) is 0 Å². The summed E-state index contributed by atoms with van der Waals surface area (Å²) in [5, 5.41) is 6.62. The second kappa shape index (κ2) is 8.21. The fourth-order valence-corrected chi connectivity index (χ4v) is 1.39. The molecule has 0 aliphatic rings. The lowest BCUT2D eigenvalue weighted by atomic mass is 10.3. The first-order valence-electron chi connectivity index (χ1n) is 5.66. The van der Waals surface area contributed by atoms with Gasteiger partial charge in [0.25, 0.3) is 0 Å². The molecule has 0 saturated heterocycles. The summed E-state index contributed by atoms with van der Waals surface area (Å²) in [7, 11) is 1.71. The summed E-state index contributed by atoms with van der Waals surface area (Å²) in [5.41, 5.74) is 2.16. The van der Waals surface area contributed by atoms with E-state index in [9.17, 15) is 0 Å². The fourth-order valence-electron chi connectivity index (χ4n) is 1.39. The zero-order valence-electron chi connectivity index (χ0n) is 10.1. The molecule has 0 fully saturated rings. The molecule has 0 amide bonds. The van der Waals surface area contributed by atoms with Gasteiger partial charge in [-0.2, -0.15) is 0 Å². The molecule has 1 heterocycles. The molecular formula is C12H21N3O. The number of pyridine rings is 1. The highest BCUT2D eigenvalue weighted by Crippen LogP contribution is 1.96. The van der Waals surface area contributed by atoms with Crippen LogP contribution in [0.25, 0.3) is 0 Å². The minimum atomic E-state index is 0.763. The third-order valence-electron chi connectivity index (χ3n) is 2.21. The fraction of sp³-hybridized carbons (Fsp3) is 0.583. The smallest absolute Gasteiger partial charge is 0.0587 e. The van der Waals surface area contributed by atoms with Crippen molar-refractivity contribution in [1.82, 2.24) is 15.6 Å². The molecule has 1 aromatic heterocycles. The van der Waals surface area contributed by atoms with Crippen LogP contribution in [0.15, 0.2) is 18.2 Å². The third kappa shape index (κ3) is 5.80. The predicted octanol–water partition coefficient (Wildman–Crippen LogP) is 0.716. The average molecular weight is 223 g/mol. The van der Waals surface area contributed by atoms with Crippen molar-refractivity contribution in [2.45, 2.75) is 13.5 Å². The molecule has 0 aliphatic carbocycles. The number of nitrogens with zero attached hydrogens (tertiary/aromatic N) is 1. The Morgan fingerprint density at radius 3 is 2.75 bits per heavy atom. The van der Waals surface area contributed by atoms with E-state index < -0.39 is 0 Å². The van der Waals surface area contributed by atoms with E-state index in [0.717, 1.165) is 44.2 Å². The summed E-state index contributed by atoms with van der Waals surface area (Å²) in [6.45, 7) is 6.40. The lowest BCUT2D eigenvalue weighted by molar-refractivity contribution is 0.199. The van der Waals surface area contributed by atoms with E-state index in [1.807, 2.05) is 25.1 Å². The maximum Gasteiger partial charge on any atom is 0.0587 e. The van der Waals surface area contributed by atoms with Crippen LogP contribution in [0, 0.1) is 6.92 Å². The summed E-state index contributed by atoms with van der Waals surface area (Å²) in [5.74, 6) is 0. The highest BCUT2D eigenvalue weighted by molar-refractivity contribution is 5.09. The summed E-state index contributed by atoms with van der Waals surface area (Å²) in [6.07, 6.45) is 0. The van der Waals surface area contributed by atoms with Gasteiger partial charge < -0.3 is 15.4 Å². The van der Waals surface area contributed by atoms with Crippen LogP contribution in [0.2, 0.25) is 0 Å². The Bertz CT molecular complexity index is 291. The van der Waals surface area contributed by atoms with E-state index in [0.29, 0.717) is 0 Å². The Morgan fingerprint density at radius 2 is 2.00 bits per heavy atom. The number of rotatable bonds is 8. The van der Waals surface area contributed by atoms with Crippen LogP contribution < -0.4 is 10.6 Å². The molecule has 4 heteroatoms. The second-order valence-electron chi connectivity index (χ2n) is 3.69. The molecule has 4 nitrogen and oxygen atoms in total. The quantitative estimate of drug-likeness (QED) is 0.637. The van der Waals surface area contributed by atoms with E-state index in [1.54, 1.807) is 7.11 Å². The standard InChI is InChI=1S/C12H21N3O/c1-11-4-3-5-12(15-11)10-14-7-6-13-8-9-16-2/h3-5,13-14H,6-10H2,1-2H3. The number of hydrogen-bond acceptors (Lipinski definition) is 4. The van der Waals surface area contributed by atoms with E-state index in [4.69, 9.17) is 4.74 Å². The van der Waals surface area contributed by atoms with Crippen LogP contribution in [-0.4, -0.2) is 38.3 Å². The molecule has 0 unspecified atom stereocenters. The van der Waals surface area contributed by atoms with Crippen LogP contribution >= 0.6 is 0 Å². The van der Waals surface area contributed by atoms with Crippen molar-refractivity contribution in [2.24, 2.45) is 0 Å². The number of aryl methyl sites for hydroxylation is 1. The van der Waals surface area contributed by atoms with E-state index in [-0.39, 0.29) is 0 Å². The van der Waals surface area contributed by atoms with Crippen molar-refractivity contribution >= 4 is 0 Å². The summed E-state index contributed by atoms with van der Waals surface area (Å²) < 4.78 is 4.94. The molecule has 90 valence electrons. The van der Waals surface area contributed by atoms with Crippen LogP contribution in [-0.2, 0) is 11.3 Å². The topological polar surface area (TPSA) is 46.2 Å². The van der Waals surface area contributed by atoms with Crippen molar-refractivity contribution in [3.8, 4) is 0 Å². The molecule has 1 rings (SSSR count). The maximum absolute atomic E-state index is 4.94. The molecule has 0 aliphatic heterocycles. The van der Waals surface area contributed by atoms with Crippen molar-refractivity contribution < 1.29 is 4.74 Å². The van der Waals surface area contributed by atoms with Gasteiger partial charge in [-0.25, -0.2) is 0 Å². The molecule has 0 atom stereocenters. The van der Waals surface area contributed by atoms with Crippen LogP contribution in [0.5, 0.6) is 0 Å². The van der Waals surface area contributed by atoms with Gasteiger partial charge in [-0.15, -0.1) is 0 Å². The van der Waals surface area contributed by atoms with Gasteiger partial charge in [-0.3, -0.25) is 4.98 Å². The van der Waals surface area contributed by atoms with Crippen molar-refractivity contribution in [2.75, 3.05) is 33.4 Å². The Kier molecular flexibility index (Phi) is 6.72. The second-order valence-corrected chi connectivity index (χ2v) is 3.69. The predicted molar refractivity (Wildman–Crippen MR) is 65.4 cm³/mol. The SMILES string of the molecule is COCCNCCNCc1cccc(C)n1. The largest absolute Gasteiger partial charge is 0.383 e. The van der Waals surface area contributed by atoms with Crippen molar-refractivity contribution in [3.63, 3.8) is 0 Å². The van der Waals surface area contributed by atoms with Crippen molar-refractivity contribution in [3.05, 3.63) is 29.6 Å². The van der Waals surface area contributed by atoms with Gasteiger partial charge in [0.05, 0.1) is 12.3 Å². The number of aromatic nitrogens is 1. The molecule has 0 radical (unpaired) electrons. The van der Waals surface area contributed by atoms with Gasteiger partial charge in [0, 0.05) is 39.0 Å². The summed E-state index contributed by atoms with van der Waals surface area (Å²) in [6, 6.07) is 6.09. The Hall–Kier alpha value is -0.970. The van der Waals surface area contributed by atoms with Gasteiger partial charge in [-0.05, 0) is 19.1 Å². The number of hydrogen-bond donors (Lipinski definition) is 2. The first-order valence-corrected chi connectivity index (χ1v) is 5.66. The first-order chi connectivity index (χ1) is 7.83. The lowest BCUT2D eigenvalue weighted by Crippen LogP contribution is -2.29. The number of methoxy groups -OCH3 is 1. The van der Waals surface area contributed by atoms with Gasteiger partial charge in [0.2, 0.25) is 0 Å². The number of nitrogens with one attached hydrogen (secondary N) is 2. The summed E-state index contributed by atoms with van der Waals surface area (Å²) in [4.78, 5) is 4.42. The molecule has 0 bridgehead atoms. The zero-order valence-corrected chi connectivity index (χ0v) is 10.1. The monoisotopic (exact) mass is 223 g/mol. The molecular weight excluding hydrogens is 202 g/mol. The van der Waals surface area contributed by atoms with Gasteiger partial charge in [0.1, 0.15) is 0 Å². The molecule has 2 N–H and O–H groups in total. The minimum absolute atomic E-state index is 0.763. The average Bonchev–Trinajstić information content (AvgIpc) is 2.28. The Morgan fingerprint density at radius 1 is 1.19 bits per heavy atom. The van der Waals surface area contributed by atoms with E-state index >= 15 is 0 Å². The van der Waals surface area contributed by atoms with Crippen molar-refractivity contribution in [1.29, 1.82) is 0 Å². The minimum Gasteiger partial charge on any atom is -0.383 e. The van der Waals surface area contributed by atoms with Gasteiger partial charge in [-0.1, -0.05) is 6.07 Å². The zero-order chi connectivity index (χ0) is 11.6. The lowest BCUT2D eigenvalue weighted by Gasteiger charge is -2.06. The van der Waals surface area contributed by atoms with Gasteiger partial charge >= 0.3 is 0 Å². The molecule has 0 spiro atoms. The highest BCUT2D eigenvalue weighted by Gasteiger charge is 1.93. The van der Waals surface area contributed by atoms with Crippen LogP contribution in [0.4, 0.5) is 0 Å². The molecule has 0 aromatic carbocycles. The van der Waals surface area contributed by atoms with E-state index in [1.165, 1.54) is 0 Å². The Labute approximate surface area is 97.4 Å².